The topological polar surface area (TPSA) is 75.3 Å². The van der Waals surface area contributed by atoms with Gasteiger partial charge in [-0.3, -0.25) is 4.79 Å². The van der Waals surface area contributed by atoms with Crippen LogP contribution in [0, 0.1) is 0 Å². The molecule has 0 radical (unpaired) electrons. The molecule has 0 spiro atoms. The number of hydrogen-bond donors (Lipinski definition) is 2. The number of carbonyl (C=O) groups excluding carboxylic acids is 1. The van der Waals surface area contributed by atoms with Crippen LogP contribution in [0.3, 0.4) is 0 Å². The van der Waals surface area contributed by atoms with Crippen LogP contribution in [0.1, 0.15) is 22.3 Å². The SMILES string of the molecule is O=C1NC(CF)Cc2ccc(S(=O)(=O)NCCC(F)(F)F)cc21. The summed E-state index contributed by atoms with van der Waals surface area (Å²) in [7, 11) is -4.16. The summed E-state index contributed by atoms with van der Waals surface area (Å²) in [6.07, 6.45) is -5.55. The molecule has 1 aromatic rings. The quantitative estimate of drug-likeness (QED) is 0.788. The maximum Gasteiger partial charge on any atom is 0.390 e. The lowest BCUT2D eigenvalue weighted by Gasteiger charge is -2.23. The van der Waals surface area contributed by atoms with Crippen LogP contribution >= 0.6 is 0 Å². The molecule has 23 heavy (non-hydrogen) atoms. The number of rotatable bonds is 5. The van der Waals surface area contributed by atoms with E-state index < -0.39 is 47.8 Å². The molecule has 1 aliphatic rings. The van der Waals surface area contributed by atoms with Gasteiger partial charge >= 0.3 is 6.18 Å². The van der Waals surface area contributed by atoms with Gasteiger partial charge in [-0.2, -0.15) is 13.2 Å². The van der Waals surface area contributed by atoms with Crippen LogP contribution in [-0.4, -0.2) is 39.8 Å². The van der Waals surface area contributed by atoms with Crippen molar-refractivity contribution in [2.75, 3.05) is 13.2 Å². The number of hydrogen-bond acceptors (Lipinski definition) is 3. The largest absolute Gasteiger partial charge is 0.390 e. The predicted molar refractivity (Wildman–Crippen MR) is 73.2 cm³/mol. The molecule has 0 bridgehead atoms. The summed E-state index contributed by atoms with van der Waals surface area (Å²) in [5, 5.41) is 2.39. The van der Waals surface area contributed by atoms with Crippen molar-refractivity contribution in [2.45, 2.75) is 30.0 Å². The first kappa shape index (κ1) is 17.7. The highest BCUT2D eigenvalue weighted by molar-refractivity contribution is 7.89. The molecule has 0 saturated carbocycles. The lowest BCUT2D eigenvalue weighted by molar-refractivity contribution is -0.132. The molecule has 1 aromatic carbocycles. The molecule has 128 valence electrons. The van der Waals surface area contributed by atoms with Gasteiger partial charge in [0, 0.05) is 12.1 Å². The third-order valence-corrected chi connectivity index (χ3v) is 4.78. The van der Waals surface area contributed by atoms with Crippen molar-refractivity contribution >= 4 is 15.9 Å². The second-order valence-electron chi connectivity index (χ2n) is 5.11. The minimum atomic E-state index is -4.47. The van der Waals surface area contributed by atoms with Gasteiger partial charge in [-0.05, 0) is 24.1 Å². The Labute approximate surface area is 130 Å². The Morgan fingerprint density at radius 3 is 2.61 bits per heavy atom. The first-order valence-corrected chi connectivity index (χ1v) is 8.17. The molecule has 0 aromatic heterocycles. The lowest BCUT2D eigenvalue weighted by Crippen LogP contribution is -2.42. The summed E-state index contributed by atoms with van der Waals surface area (Å²) in [6, 6.07) is 2.97. The Morgan fingerprint density at radius 2 is 2.00 bits per heavy atom. The van der Waals surface area contributed by atoms with Gasteiger partial charge in [0.2, 0.25) is 10.0 Å². The maximum atomic E-state index is 12.6. The Morgan fingerprint density at radius 1 is 1.30 bits per heavy atom. The van der Waals surface area contributed by atoms with E-state index >= 15 is 0 Å². The summed E-state index contributed by atoms with van der Waals surface area (Å²) < 4.78 is 74.6. The van der Waals surface area contributed by atoms with E-state index in [2.05, 4.69) is 5.32 Å². The first-order valence-electron chi connectivity index (χ1n) is 6.68. The van der Waals surface area contributed by atoms with E-state index in [9.17, 15) is 30.8 Å². The highest BCUT2D eigenvalue weighted by atomic mass is 32.2. The molecule has 1 aliphatic heterocycles. The summed E-state index contributed by atoms with van der Waals surface area (Å²) in [5.41, 5.74) is 0.569. The van der Waals surface area contributed by atoms with Crippen LogP contribution in [0.4, 0.5) is 17.6 Å². The Hall–Kier alpha value is -1.68. The molecule has 0 fully saturated rings. The second-order valence-corrected chi connectivity index (χ2v) is 6.88. The number of alkyl halides is 4. The monoisotopic (exact) mass is 354 g/mol. The van der Waals surface area contributed by atoms with Crippen LogP contribution in [0.2, 0.25) is 0 Å². The summed E-state index contributed by atoms with van der Waals surface area (Å²) >= 11 is 0. The van der Waals surface area contributed by atoms with Crippen LogP contribution in [0.5, 0.6) is 0 Å². The molecule has 2 N–H and O–H groups in total. The first-order chi connectivity index (χ1) is 10.6. The number of nitrogens with one attached hydrogen (secondary N) is 2. The van der Waals surface area contributed by atoms with Crippen molar-refractivity contribution in [3.05, 3.63) is 29.3 Å². The zero-order valence-corrected chi connectivity index (χ0v) is 12.6. The average Bonchev–Trinajstić information content (AvgIpc) is 2.45. The van der Waals surface area contributed by atoms with E-state index in [4.69, 9.17) is 0 Å². The fourth-order valence-electron chi connectivity index (χ4n) is 2.20. The van der Waals surface area contributed by atoms with E-state index in [-0.39, 0.29) is 16.9 Å². The normalized spacial score (nSPS) is 18.4. The van der Waals surface area contributed by atoms with Gasteiger partial charge in [0.25, 0.3) is 5.91 Å². The van der Waals surface area contributed by atoms with Gasteiger partial charge in [-0.15, -0.1) is 0 Å². The zero-order chi connectivity index (χ0) is 17.3. The number of halogens is 4. The number of fused-ring (bicyclic) bond motifs is 1. The van der Waals surface area contributed by atoms with Crippen molar-refractivity contribution in [2.24, 2.45) is 0 Å². The molecular formula is C13H14F4N2O3S. The lowest BCUT2D eigenvalue weighted by atomic mass is 9.96. The minimum Gasteiger partial charge on any atom is -0.346 e. The molecule has 1 unspecified atom stereocenters. The molecule has 1 atom stereocenters. The molecule has 5 nitrogen and oxygen atoms in total. The molecule has 1 heterocycles. The smallest absolute Gasteiger partial charge is 0.346 e. The number of amides is 1. The molecule has 10 heteroatoms. The van der Waals surface area contributed by atoms with Gasteiger partial charge in [-0.1, -0.05) is 6.07 Å². The maximum absolute atomic E-state index is 12.6. The average molecular weight is 354 g/mol. The fraction of sp³-hybridized carbons (Fsp3) is 0.462. The van der Waals surface area contributed by atoms with Crippen LogP contribution in [-0.2, 0) is 16.4 Å². The van der Waals surface area contributed by atoms with Crippen molar-refractivity contribution < 1.29 is 30.8 Å². The molecular weight excluding hydrogens is 340 g/mol. The number of carbonyl (C=O) groups is 1. The van der Waals surface area contributed by atoms with Crippen molar-refractivity contribution in [1.29, 1.82) is 0 Å². The minimum absolute atomic E-state index is 0.0772. The van der Waals surface area contributed by atoms with E-state index in [0.29, 0.717) is 5.56 Å². The summed E-state index contributed by atoms with van der Waals surface area (Å²) in [6.45, 7) is -1.54. The van der Waals surface area contributed by atoms with Gasteiger partial charge in [0.15, 0.2) is 0 Å². The van der Waals surface area contributed by atoms with Crippen molar-refractivity contribution in [3.8, 4) is 0 Å². The number of sulfonamides is 1. The van der Waals surface area contributed by atoms with E-state index in [1.54, 1.807) is 0 Å². The highest BCUT2D eigenvalue weighted by Crippen LogP contribution is 2.22. The van der Waals surface area contributed by atoms with Gasteiger partial charge in [0.05, 0.1) is 17.4 Å². The summed E-state index contributed by atoms with van der Waals surface area (Å²) in [4.78, 5) is 11.5. The van der Waals surface area contributed by atoms with E-state index in [1.165, 1.54) is 12.1 Å². The standard InChI is InChI=1S/C13H14F4N2O3S/c14-7-9-5-8-1-2-10(6-11(8)12(20)19-9)23(21,22)18-4-3-13(15,16)17/h1-2,6,9,18H,3-5,7H2,(H,19,20). The summed E-state index contributed by atoms with van der Waals surface area (Å²) in [5.74, 6) is -0.610. The zero-order valence-electron chi connectivity index (χ0n) is 11.8. The molecule has 0 aliphatic carbocycles. The number of benzene rings is 1. The van der Waals surface area contributed by atoms with Crippen molar-refractivity contribution in [3.63, 3.8) is 0 Å². The van der Waals surface area contributed by atoms with Gasteiger partial charge in [-0.25, -0.2) is 17.5 Å². The Kier molecular flexibility index (Phi) is 4.95. The van der Waals surface area contributed by atoms with Crippen LogP contribution < -0.4 is 10.0 Å². The van der Waals surface area contributed by atoms with Crippen molar-refractivity contribution in [1.82, 2.24) is 10.0 Å². The highest BCUT2D eigenvalue weighted by Gasteiger charge is 2.29. The second kappa shape index (κ2) is 6.44. The van der Waals surface area contributed by atoms with Crippen LogP contribution in [0.15, 0.2) is 23.1 Å². The molecule has 0 saturated heterocycles. The van der Waals surface area contributed by atoms with Gasteiger partial charge in [0.1, 0.15) is 6.67 Å². The third-order valence-electron chi connectivity index (χ3n) is 3.32. The fourth-order valence-corrected chi connectivity index (χ4v) is 3.25. The Balaban J connectivity index is 2.18. The van der Waals surface area contributed by atoms with Crippen LogP contribution in [0.25, 0.3) is 0 Å². The van der Waals surface area contributed by atoms with E-state index in [0.717, 1.165) is 6.07 Å². The Bertz CT molecular complexity index is 704. The van der Waals surface area contributed by atoms with Gasteiger partial charge < -0.3 is 5.32 Å². The molecule has 2 rings (SSSR count). The van der Waals surface area contributed by atoms with E-state index in [1.807, 2.05) is 4.72 Å². The predicted octanol–water partition coefficient (Wildman–Crippen LogP) is 1.54. The third kappa shape index (κ3) is 4.41. The molecule has 1 amide bonds.